The lowest BCUT2D eigenvalue weighted by molar-refractivity contribution is -0.145. The van der Waals surface area contributed by atoms with Crippen LogP contribution in [0, 0.1) is 17.8 Å². The Balaban J connectivity index is 2.55. The summed E-state index contributed by atoms with van der Waals surface area (Å²) in [4.78, 5) is 24.4. The second-order valence-corrected chi connectivity index (χ2v) is 10.3. The minimum atomic E-state index is -0.658. The third-order valence-electron chi connectivity index (χ3n) is 6.73. The first-order valence-corrected chi connectivity index (χ1v) is 13.2. The number of aliphatic hydroxyl groups excluding tert-OH is 2. The van der Waals surface area contributed by atoms with E-state index in [0.717, 1.165) is 18.8 Å². The molecule has 0 aromatic heterocycles. The Kier molecular flexibility index (Phi) is 15.1. The van der Waals surface area contributed by atoms with Crippen LogP contribution in [0.3, 0.4) is 0 Å². The lowest BCUT2D eigenvalue weighted by Gasteiger charge is -2.29. The number of carbonyl (C=O) groups excluding carboxylic acids is 2. The van der Waals surface area contributed by atoms with E-state index in [9.17, 15) is 19.8 Å². The maximum atomic E-state index is 12.2. The molecule has 0 saturated heterocycles. The molecule has 0 heterocycles. The average molecular weight is 481 g/mol. The van der Waals surface area contributed by atoms with Gasteiger partial charge < -0.3 is 19.7 Å². The van der Waals surface area contributed by atoms with Crippen molar-refractivity contribution in [1.29, 1.82) is 0 Å². The molecule has 1 rings (SSSR count). The van der Waals surface area contributed by atoms with Gasteiger partial charge in [0, 0.05) is 29.9 Å². The van der Waals surface area contributed by atoms with Crippen molar-refractivity contribution in [2.45, 2.75) is 110 Å². The summed E-state index contributed by atoms with van der Waals surface area (Å²) in [5.74, 6) is 0.354. The van der Waals surface area contributed by atoms with Crippen LogP contribution in [0.5, 0.6) is 0 Å². The number of unbranched alkanes of at least 4 members (excludes halogenated alkanes) is 2. The summed E-state index contributed by atoms with van der Waals surface area (Å²) in [6, 6.07) is 0. The molecule has 1 saturated carbocycles. The van der Waals surface area contributed by atoms with Crippen LogP contribution in [0.1, 0.15) is 97.8 Å². The third kappa shape index (κ3) is 13.3. The minimum Gasteiger partial charge on any atom is -0.462 e. The lowest BCUT2D eigenvalue weighted by atomic mass is 9.77. The number of aliphatic hydroxyl groups is 2. The number of esters is 2. The molecule has 196 valence electrons. The molecule has 0 aromatic rings. The van der Waals surface area contributed by atoms with Gasteiger partial charge in [0.25, 0.3) is 0 Å². The highest BCUT2D eigenvalue weighted by molar-refractivity contribution is 5.88. The predicted octanol–water partition coefficient (Wildman–Crippen LogP) is 5.51. The van der Waals surface area contributed by atoms with Gasteiger partial charge in [0.05, 0.1) is 25.4 Å². The summed E-state index contributed by atoms with van der Waals surface area (Å²) in [6.45, 7) is 13.1. The first kappa shape index (κ1) is 30.4. The molecule has 1 fully saturated rings. The van der Waals surface area contributed by atoms with Gasteiger partial charge in [-0.15, -0.1) is 0 Å². The van der Waals surface area contributed by atoms with Crippen molar-refractivity contribution >= 4 is 11.9 Å². The first-order valence-electron chi connectivity index (χ1n) is 13.2. The zero-order valence-electron chi connectivity index (χ0n) is 21.7. The van der Waals surface area contributed by atoms with Crippen molar-refractivity contribution in [3.8, 4) is 0 Å². The topological polar surface area (TPSA) is 93.1 Å². The molecule has 0 aliphatic heterocycles. The van der Waals surface area contributed by atoms with Crippen LogP contribution < -0.4 is 0 Å². The smallest absolute Gasteiger partial charge is 0.333 e. The Labute approximate surface area is 206 Å². The molecule has 0 bridgehead atoms. The van der Waals surface area contributed by atoms with Gasteiger partial charge in [-0.3, -0.25) is 0 Å². The van der Waals surface area contributed by atoms with Gasteiger partial charge in [-0.05, 0) is 38.5 Å². The number of hydrogen-bond donors (Lipinski definition) is 2. The van der Waals surface area contributed by atoms with Crippen LogP contribution in [0.15, 0.2) is 24.3 Å². The van der Waals surface area contributed by atoms with E-state index >= 15 is 0 Å². The average Bonchev–Trinajstić information content (AvgIpc) is 2.78. The summed E-state index contributed by atoms with van der Waals surface area (Å²) < 4.78 is 10.9. The second kappa shape index (κ2) is 16.9. The van der Waals surface area contributed by atoms with E-state index in [1.807, 2.05) is 0 Å². The molecule has 34 heavy (non-hydrogen) atoms. The maximum absolute atomic E-state index is 12.2. The fraction of sp³-hybridized carbons (Fsp3) is 0.786. The molecule has 2 atom stereocenters. The zero-order chi connectivity index (χ0) is 25.5. The summed E-state index contributed by atoms with van der Waals surface area (Å²) in [5.41, 5.74) is 0.468. The van der Waals surface area contributed by atoms with Crippen LogP contribution in [0.2, 0.25) is 0 Å². The van der Waals surface area contributed by atoms with Gasteiger partial charge in [0.1, 0.15) is 0 Å². The molecule has 2 N–H and O–H groups in total. The van der Waals surface area contributed by atoms with Gasteiger partial charge in [0.2, 0.25) is 0 Å². The SMILES string of the molecule is C=C(CC(C)O)C(=O)OCC(CCC1CCC(CCCCC)CC1)COC(=O)C(=C)CC(C)O. The fourth-order valence-corrected chi connectivity index (χ4v) is 4.65. The van der Waals surface area contributed by atoms with Crippen molar-refractivity contribution in [3.05, 3.63) is 24.3 Å². The molecular formula is C28H48O6. The highest BCUT2D eigenvalue weighted by Crippen LogP contribution is 2.35. The summed E-state index contributed by atoms with van der Waals surface area (Å²) in [5, 5.41) is 18.9. The minimum absolute atomic E-state index is 0.117. The van der Waals surface area contributed by atoms with Gasteiger partial charge in [-0.25, -0.2) is 9.59 Å². The van der Waals surface area contributed by atoms with E-state index in [-0.39, 0.29) is 43.1 Å². The van der Waals surface area contributed by atoms with Crippen molar-refractivity contribution in [1.82, 2.24) is 0 Å². The summed E-state index contributed by atoms with van der Waals surface area (Å²) in [6.07, 6.45) is 11.2. The third-order valence-corrected chi connectivity index (χ3v) is 6.73. The van der Waals surface area contributed by atoms with E-state index < -0.39 is 24.1 Å². The second-order valence-electron chi connectivity index (χ2n) is 10.3. The van der Waals surface area contributed by atoms with Crippen molar-refractivity contribution in [2.24, 2.45) is 17.8 Å². The Morgan fingerprint density at radius 1 is 0.824 bits per heavy atom. The van der Waals surface area contributed by atoms with Crippen LogP contribution in [-0.2, 0) is 19.1 Å². The van der Waals surface area contributed by atoms with Gasteiger partial charge in [-0.2, -0.15) is 0 Å². The molecular weight excluding hydrogens is 432 g/mol. The maximum Gasteiger partial charge on any atom is 0.333 e. The Morgan fingerprint density at radius 3 is 1.68 bits per heavy atom. The molecule has 0 spiro atoms. The molecule has 0 amide bonds. The quantitative estimate of drug-likeness (QED) is 0.162. The Bertz CT molecular complexity index is 593. The van der Waals surface area contributed by atoms with Gasteiger partial charge >= 0.3 is 11.9 Å². The van der Waals surface area contributed by atoms with E-state index in [4.69, 9.17) is 9.47 Å². The molecule has 1 aliphatic rings. The van der Waals surface area contributed by atoms with E-state index in [1.54, 1.807) is 13.8 Å². The standard InChI is InChI=1S/C28H48O6/c1-6-7-8-9-24-10-12-25(13-11-24)14-15-26(18-33-27(31)20(2)16-22(4)29)19-34-28(32)21(3)17-23(5)30/h22-26,29-30H,2-3,6-19H2,1,4-5H3. The van der Waals surface area contributed by atoms with Crippen LogP contribution in [0.25, 0.3) is 0 Å². The monoisotopic (exact) mass is 480 g/mol. The predicted molar refractivity (Wildman–Crippen MR) is 135 cm³/mol. The summed E-state index contributed by atoms with van der Waals surface area (Å²) >= 11 is 0. The van der Waals surface area contributed by atoms with Crippen LogP contribution in [-0.4, -0.2) is 47.6 Å². The van der Waals surface area contributed by atoms with Crippen molar-refractivity contribution in [3.63, 3.8) is 0 Å². The highest BCUT2D eigenvalue weighted by Gasteiger charge is 2.24. The molecule has 6 nitrogen and oxygen atoms in total. The largest absolute Gasteiger partial charge is 0.462 e. The summed E-state index contributed by atoms with van der Waals surface area (Å²) in [7, 11) is 0. The van der Waals surface area contributed by atoms with Crippen molar-refractivity contribution < 1.29 is 29.3 Å². The normalized spacial score (nSPS) is 20.7. The van der Waals surface area contributed by atoms with Crippen molar-refractivity contribution in [2.75, 3.05) is 13.2 Å². The van der Waals surface area contributed by atoms with Crippen LogP contribution >= 0.6 is 0 Å². The van der Waals surface area contributed by atoms with E-state index in [0.29, 0.717) is 5.92 Å². The van der Waals surface area contributed by atoms with Crippen LogP contribution in [0.4, 0.5) is 0 Å². The number of ether oxygens (including phenoxy) is 2. The number of rotatable bonds is 17. The molecule has 2 unspecified atom stereocenters. The first-order chi connectivity index (χ1) is 16.1. The highest BCUT2D eigenvalue weighted by atomic mass is 16.5. The Hall–Kier alpha value is -1.66. The van der Waals surface area contributed by atoms with Gasteiger partial charge in [-0.1, -0.05) is 71.4 Å². The molecule has 0 radical (unpaired) electrons. The number of hydrogen-bond acceptors (Lipinski definition) is 6. The number of carbonyl (C=O) groups is 2. The Morgan fingerprint density at radius 2 is 1.26 bits per heavy atom. The van der Waals surface area contributed by atoms with E-state index in [2.05, 4.69) is 20.1 Å². The lowest BCUT2D eigenvalue weighted by Crippen LogP contribution is -2.24. The molecule has 1 aliphatic carbocycles. The molecule has 6 heteroatoms. The van der Waals surface area contributed by atoms with E-state index in [1.165, 1.54) is 51.4 Å². The zero-order valence-corrected chi connectivity index (χ0v) is 21.7. The fourth-order valence-electron chi connectivity index (χ4n) is 4.65. The van der Waals surface area contributed by atoms with Gasteiger partial charge in [0.15, 0.2) is 0 Å². The molecule has 0 aromatic carbocycles.